The fourth-order valence-electron chi connectivity index (χ4n) is 5.34. The molecule has 2 bridgehead atoms. The number of likely N-dealkylation sites (tertiary alicyclic amines) is 1. The van der Waals surface area contributed by atoms with Gasteiger partial charge in [-0.25, -0.2) is 0 Å². The normalized spacial score (nSPS) is 27.8. The topological polar surface area (TPSA) is 12.5 Å². The number of nitrogens with zero attached hydrogens (tertiary/aromatic N) is 1. The molecule has 1 heterocycles. The Kier molecular flexibility index (Phi) is 3.91. The standard InChI is InChI=1S/C23H27NO/c1-6-14-24(15-7-1)16-17-25-23-13-12-18(19-8-2-4-10-21(19)23)20-9-3-5-11-22(20)23/h2-5,8-11,18H,1,6-7,12-17H2. The smallest absolute Gasteiger partial charge is 0.119 e. The van der Waals surface area contributed by atoms with Gasteiger partial charge in [0.15, 0.2) is 0 Å². The first-order chi connectivity index (χ1) is 12.4. The third kappa shape index (κ3) is 2.46. The van der Waals surface area contributed by atoms with Crippen molar-refractivity contribution in [1.29, 1.82) is 0 Å². The molecule has 3 aliphatic carbocycles. The minimum Gasteiger partial charge on any atom is -0.364 e. The van der Waals surface area contributed by atoms with Crippen LogP contribution < -0.4 is 0 Å². The molecule has 2 aromatic carbocycles. The molecule has 0 saturated carbocycles. The lowest BCUT2D eigenvalue weighted by molar-refractivity contribution is -0.0478. The molecule has 0 aromatic heterocycles. The van der Waals surface area contributed by atoms with E-state index < -0.39 is 0 Å². The lowest BCUT2D eigenvalue weighted by atomic mass is 9.61. The van der Waals surface area contributed by atoms with Gasteiger partial charge in [0.25, 0.3) is 0 Å². The van der Waals surface area contributed by atoms with E-state index in [9.17, 15) is 0 Å². The number of piperidine rings is 1. The summed E-state index contributed by atoms with van der Waals surface area (Å²) in [6.45, 7) is 4.38. The van der Waals surface area contributed by atoms with Crippen LogP contribution in [0.4, 0.5) is 0 Å². The summed E-state index contributed by atoms with van der Waals surface area (Å²) >= 11 is 0. The minimum atomic E-state index is -0.224. The van der Waals surface area contributed by atoms with Gasteiger partial charge in [-0.1, -0.05) is 55.0 Å². The van der Waals surface area contributed by atoms with Gasteiger partial charge in [-0.15, -0.1) is 0 Å². The Bertz CT molecular complexity index is 715. The van der Waals surface area contributed by atoms with Crippen LogP contribution in [-0.2, 0) is 10.3 Å². The summed E-state index contributed by atoms with van der Waals surface area (Å²) in [5.41, 5.74) is 5.60. The van der Waals surface area contributed by atoms with E-state index in [2.05, 4.69) is 53.4 Å². The van der Waals surface area contributed by atoms with Crippen LogP contribution in [0.5, 0.6) is 0 Å². The van der Waals surface area contributed by atoms with Gasteiger partial charge in [-0.05, 0) is 61.0 Å². The Morgan fingerprint density at radius 3 is 2.20 bits per heavy atom. The molecule has 130 valence electrons. The first-order valence-corrected chi connectivity index (χ1v) is 9.94. The zero-order valence-corrected chi connectivity index (χ0v) is 14.9. The predicted molar refractivity (Wildman–Crippen MR) is 101 cm³/mol. The highest BCUT2D eigenvalue weighted by atomic mass is 16.5. The first kappa shape index (κ1) is 15.6. The third-order valence-electron chi connectivity index (χ3n) is 6.53. The van der Waals surface area contributed by atoms with Crippen LogP contribution in [0.3, 0.4) is 0 Å². The number of rotatable bonds is 4. The number of ether oxygens (including phenoxy) is 1. The van der Waals surface area contributed by atoms with Gasteiger partial charge < -0.3 is 9.64 Å². The molecule has 25 heavy (non-hydrogen) atoms. The van der Waals surface area contributed by atoms with Crippen molar-refractivity contribution in [3.8, 4) is 0 Å². The second-order valence-electron chi connectivity index (χ2n) is 7.84. The Balaban J connectivity index is 1.47. The highest BCUT2D eigenvalue weighted by Gasteiger charge is 2.48. The monoisotopic (exact) mass is 333 g/mol. The maximum Gasteiger partial charge on any atom is 0.119 e. The van der Waals surface area contributed by atoms with Crippen molar-refractivity contribution in [2.45, 2.75) is 43.6 Å². The molecule has 6 rings (SSSR count). The Morgan fingerprint density at radius 2 is 1.52 bits per heavy atom. The molecule has 1 saturated heterocycles. The largest absolute Gasteiger partial charge is 0.364 e. The number of hydrogen-bond donors (Lipinski definition) is 0. The van der Waals surface area contributed by atoms with E-state index in [0.717, 1.165) is 19.6 Å². The van der Waals surface area contributed by atoms with E-state index in [1.54, 1.807) is 0 Å². The van der Waals surface area contributed by atoms with E-state index in [0.29, 0.717) is 5.92 Å². The van der Waals surface area contributed by atoms with E-state index in [1.807, 2.05) is 0 Å². The van der Waals surface area contributed by atoms with Crippen LogP contribution in [0.15, 0.2) is 48.5 Å². The molecule has 0 N–H and O–H groups in total. The second kappa shape index (κ2) is 6.26. The Labute approximate surface area is 150 Å². The zero-order valence-electron chi connectivity index (χ0n) is 14.9. The lowest BCUT2D eigenvalue weighted by Crippen LogP contribution is -2.44. The maximum absolute atomic E-state index is 6.77. The molecule has 1 fully saturated rings. The van der Waals surface area contributed by atoms with Crippen LogP contribution in [-0.4, -0.2) is 31.1 Å². The third-order valence-corrected chi connectivity index (χ3v) is 6.53. The van der Waals surface area contributed by atoms with E-state index in [-0.39, 0.29) is 5.60 Å². The quantitative estimate of drug-likeness (QED) is 0.806. The van der Waals surface area contributed by atoms with Crippen molar-refractivity contribution in [2.24, 2.45) is 0 Å². The predicted octanol–water partition coefficient (Wildman–Crippen LogP) is 4.67. The highest BCUT2D eigenvalue weighted by molar-refractivity contribution is 5.57. The summed E-state index contributed by atoms with van der Waals surface area (Å²) in [6.07, 6.45) is 6.41. The van der Waals surface area contributed by atoms with Crippen molar-refractivity contribution in [2.75, 3.05) is 26.2 Å². The van der Waals surface area contributed by atoms with E-state index in [1.165, 1.54) is 61.0 Å². The maximum atomic E-state index is 6.77. The SMILES string of the molecule is c1ccc2c(c1)C1CCC2(OCCN2CCCCC2)c2ccccc21. The van der Waals surface area contributed by atoms with Gasteiger partial charge in [-0.3, -0.25) is 0 Å². The molecule has 0 radical (unpaired) electrons. The van der Waals surface area contributed by atoms with Crippen molar-refractivity contribution < 1.29 is 4.74 Å². The number of fused-ring (bicyclic) bond motifs is 1. The molecule has 0 unspecified atom stereocenters. The summed E-state index contributed by atoms with van der Waals surface area (Å²) in [7, 11) is 0. The van der Waals surface area contributed by atoms with Gasteiger partial charge in [0, 0.05) is 12.5 Å². The lowest BCUT2D eigenvalue weighted by Gasteiger charge is -2.49. The first-order valence-electron chi connectivity index (χ1n) is 9.94. The molecule has 2 nitrogen and oxygen atoms in total. The number of benzene rings is 2. The minimum absolute atomic E-state index is 0.224. The highest BCUT2D eigenvalue weighted by Crippen LogP contribution is 2.56. The summed E-state index contributed by atoms with van der Waals surface area (Å²) in [5.74, 6) is 0.556. The van der Waals surface area contributed by atoms with Crippen LogP contribution in [0.1, 0.15) is 60.3 Å². The molecule has 2 aromatic rings. The second-order valence-corrected chi connectivity index (χ2v) is 7.84. The molecule has 0 spiro atoms. The fraction of sp³-hybridized carbons (Fsp3) is 0.478. The van der Waals surface area contributed by atoms with Crippen molar-refractivity contribution in [1.82, 2.24) is 4.90 Å². The fourth-order valence-corrected chi connectivity index (χ4v) is 5.34. The van der Waals surface area contributed by atoms with Gasteiger partial charge in [0.2, 0.25) is 0 Å². The average molecular weight is 333 g/mol. The van der Waals surface area contributed by atoms with E-state index >= 15 is 0 Å². The summed E-state index contributed by atoms with van der Waals surface area (Å²) < 4.78 is 6.77. The van der Waals surface area contributed by atoms with Crippen LogP contribution in [0.2, 0.25) is 0 Å². The van der Waals surface area contributed by atoms with Crippen molar-refractivity contribution in [3.63, 3.8) is 0 Å². The van der Waals surface area contributed by atoms with Gasteiger partial charge in [0.05, 0.1) is 6.61 Å². The summed E-state index contributed by atoms with van der Waals surface area (Å²) in [6, 6.07) is 18.0. The Morgan fingerprint density at radius 1 is 0.880 bits per heavy atom. The van der Waals surface area contributed by atoms with Crippen molar-refractivity contribution in [3.05, 3.63) is 70.8 Å². The number of hydrogen-bond acceptors (Lipinski definition) is 2. The molecule has 1 aliphatic heterocycles. The van der Waals surface area contributed by atoms with E-state index in [4.69, 9.17) is 4.74 Å². The van der Waals surface area contributed by atoms with Gasteiger partial charge in [-0.2, -0.15) is 0 Å². The van der Waals surface area contributed by atoms with Crippen LogP contribution >= 0.6 is 0 Å². The molecule has 0 atom stereocenters. The van der Waals surface area contributed by atoms with Gasteiger partial charge in [0.1, 0.15) is 5.60 Å². The average Bonchev–Trinajstić information content (AvgIpc) is 2.70. The summed E-state index contributed by atoms with van der Waals surface area (Å²) in [5, 5.41) is 0. The summed E-state index contributed by atoms with van der Waals surface area (Å²) in [4.78, 5) is 2.58. The van der Waals surface area contributed by atoms with Crippen LogP contribution in [0, 0.1) is 0 Å². The zero-order chi connectivity index (χ0) is 16.7. The Hall–Kier alpha value is -1.64. The van der Waals surface area contributed by atoms with Crippen LogP contribution in [0.25, 0.3) is 0 Å². The molecule has 2 heteroatoms. The molecular formula is C23H27NO. The molecule has 4 aliphatic rings. The molecule has 0 amide bonds. The van der Waals surface area contributed by atoms with Crippen molar-refractivity contribution >= 4 is 0 Å². The van der Waals surface area contributed by atoms with Gasteiger partial charge >= 0.3 is 0 Å². The molecular weight excluding hydrogens is 306 g/mol.